The van der Waals surface area contributed by atoms with Crippen LogP contribution in [0.4, 0.5) is 10.4 Å². The van der Waals surface area contributed by atoms with E-state index in [0.717, 1.165) is 36.5 Å². The number of carbonyl (C=O) groups excluding carboxylic acids is 1. The molecule has 0 N–H and O–H groups in total. The van der Waals surface area contributed by atoms with E-state index in [0.29, 0.717) is 35.4 Å². The number of hydrogen-bond acceptors (Lipinski definition) is 5. The average Bonchev–Trinajstić information content (AvgIpc) is 3.49. The van der Waals surface area contributed by atoms with Crippen molar-refractivity contribution in [2.24, 2.45) is 5.92 Å². The van der Waals surface area contributed by atoms with Gasteiger partial charge < -0.3 is 14.2 Å². The van der Waals surface area contributed by atoms with Crippen LogP contribution in [0.1, 0.15) is 28.0 Å². The van der Waals surface area contributed by atoms with Crippen LogP contribution in [0.2, 0.25) is 0 Å². The fourth-order valence-corrected chi connectivity index (χ4v) is 5.21. The van der Waals surface area contributed by atoms with E-state index < -0.39 is 0 Å². The van der Waals surface area contributed by atoms with Gasteiger partial charge in [-0.3, -0.25) is 4.79 Å². The molecule has 8 heteroatoms. The average molecular weight is 472 g/mol. The van der Waals surface area contributed by atoms with Gasteiger partial charge in [0.25, 0.3) is 11.9 Å². The quantitative estimate of drug-likeness (QED) is 0.434. The van der Waals surface area contributed by atoms with Crippen molar-refractivity contribution in [1.82, 2.24) is 19.7 Å². The SMILES string of the molecule is Cc1ccc(-n2cccn2)c(C(=O)N2CC[C@H]3CN(c4nc(C)c(-c5cccc(F)c5)o4)[C@H]3C2)c1. The highest BCUT2D eigenvalue weighted by Crippen LogP contribution is 2.39. The molecule has 2 atom stereocenters. The van der Waals surface area contributed by atoms with Crippen molar-refractivity contribution in [3.8, 4) is 17.0 Å². The van der Waals surface area contributed by atoms with Crippen molar-refractivity contribution >= 4 is 11.9 Å². The Bertz CT molecular complexity index is 1400. The number of piperidine rings is 1. The predicted molar refractivity (Wildman–Crippen MR) is 130 cm³/mol. The number of halogens is 1. The minimum absolute atomic E-state index is 0.00790. The predicted octanol–water partition coefficient (Wildman–Crippen LogP) is 4.63. The number of likely N-dealkylation sites (tertiary alicyclic amines) is 1. The third-order valence-corrected chi connectivity index (χ3v) is 7.09. The zero-order valence-electron chi connectivity index (χ0n) is 19.7. The smallest absolute Gasteiger partial charge is 0.298 e. The molecule has 4 aromatic rings. The van der Waals surface area contributed by atoms with Crippen LogP contribution in [0.5, 0.6) is 0 Å². The van der Waals surface area contributed by atoms with E-state index in [1.165, 1.54) is 12.1 Å². The van der Waals surface area contributed by atoms with E-state index >= 15 is 0 Å². The Hall–Kier alpha value is -3.94. The first-order valence-corrected chi connectivity index (χ1v) is 11.9. The highest BCUT2D eigenvalue weighted by atomic mass is 19.1. The standard InChI is InChI=1S/C27H26FN5O2/c1-17-7-8-23(33-11-4-10-29-33)22(13-17)26(34)31-12-9-20-15-32(24(20)16-31)27-30-18(2)25(35-27)19-5-3-6-21(28)14-19/h3-8,10-11,13-14,20,24H,9,12,15-16H2,1-2H3/t20-,24-/m0/s1. The second-order valence-corrected chi connectivity index (χ2v) is 9.41. The molecule has 6 rings (SSSR count). The maximum Gasteiger partial charge on any atom is 0.298 e. The van der Waals surface area contributed by atoms with E-state index in [1.54, 1.807) is 16.9 Å². The van der Waals surface area contributed by atoms with Gasteiger partial charge in [-0.15, -0.1) is 0 Å². The Morgan fingerprint density at radius 2 is 2.00 bits per heavy atom. The second-order valence-electron chi connectivity index (χ2n) is 9.41. The summed E-state index contributed by atoms with van der Waals surface area (Å²) in [6.45, 7) is 6.03. The minimum Gasteiger partial charge on any atom is -0.423 e. The van der Waals surface area contributed by atoms with Gasteiger partial charge in [0.1, 0.15) is 5.82 Å². The molecule has 35 heavy (non-hydrogen) atoms. The molecule has 0 saturated carbocycles. The summed E-state index contributed by atoms with van der Waals surface area (Å²) in [5.41, 5.74) is 3.86. The summed E-state index contributed by atoms with van der Waals surface area (Å²) in [7, 11) is 0. The number of carbonyl (C=O) groups is 1. The lowest BCUT2D eigenvalue weighted by Crippen LogP contribution is -2.65. The molecule has 178 valence electrons. The summed E-state index contributed by atoms with van der Waals surface area (Å²) in [4.78, 5) is 22.4. The van der Waals surface area contributed by atoms with E-state index in [4.69, 9.17) is 4.42 Å². The summed E-state index contributed by atoms with van der Waals surface area (Å²) in [6.07, 6.45) is 4.50. The van der Waals surface area contributed by atoms with Gasteiger partial charge in [0.2, 0.25) is 0 Å². The van der Waals surface area contributed by atoms with Crippen LogP contribution in [-0.4, -0.2) is 51.2 Å². The number of oxazole rings is 1. The van der Waals surface area contributed by atoms with Crippen LogP contribution in [0.3, 0.4) is 0 Å². The number of amides is 1. The monoisotopic (exact) mass is 471 g/mol. The summed E-state index contributed by atoms with van der Waals surface area (Å²) in [6, 6.07) is 14.8. The molecule has 2 fully saturated rings. The molecule has 2 aromatic carbocycles. The van der Waals surface area contributed by atoms with Gasteiger partial charge in [-0.25, -0.2) is 9.07 Å². The summed E-state index contributed by atoms with van der Waals surface area (Å²) >= 11 is 0. The maximum absolute atomic E-state index is 13.7. The lowest BCUT2D eigenvalue weighted by atomic mass is 9.82. The second kappa shape index (κ2) is 8.37. The number of nitrogens with zero attached hydrogens (tertiary/aromatic N) is 5. The summed E-state index contributed by atoms with van der Waals surface area (Å²) in [5.74, 6) is 0.770. The van der Waals surface area contributed by atoms with Crippen LogP contribution >= 0.6 is 0 Å². The van der Waals surface area contributed by atoms with Gasteiger partial charge in [-0.2, -0.15) is 10.1 Å². The molecule has 4 heterocycles. The molecule has 7 nitrogen and oxygen atoms in total. The first-order valence-electron chi connectivity index (χ1n) is 11.9. The highest BCUT2D eigenvalue weighted by Gasteiger charge is 2.46. The number of hydrogen-bond donors (Lipinski definition) is 0. The van der Waals surface area contributed by atoms with E-state index in [2.05, 4.69) is 15.0 Å². The highest BCUT2D eigenvalue weighted by molar-refractivity contribution is 5.98. The lowest BCUT2D eigenvalue weighted by molar-refractivity contribution is 0.0583. The van der Waals surface area contributed by atoms with Crippen molar-refractivity contribution in [2.45, 2.75) is 26.3 Å². The summed E-state index contributed by atoms with van der Waals surface area (Å²) in [5, 5.41) is 4.33. The van der Waals surface area contributed by atoms with Crippen molar-refractivity contribution in [3.63, 3.8) is 0 Å². The van der Waals surface area contributed by atoms with Crippen LogP contribution in [-0.2, 0) is 0 Å². The van der Waals surface area contributed by atoms with Crippen LogP contribution in [0, 0.1) is 25.6 Å². The zero-order chi connectivity index (χ0) is 24.1. The van der Waals surface area contributed by atoms with Gasteiger partial charge in [0.15, 0.2) is 5.76 Å². The number of aromatic nitrogens is 3. The maximum atomic E-state index is 13.7. The fraction of sp³-hybridized carbons (Fsp3) is 0.296. The Kier molecular flexibility index (Phi) is 5.16. The molecule has 0 radical (unpaired) electrons. The lowest BCUT2D eigenvalue weighted by Gasteiger charge is -2.52. The minimum atomic E-state index is -0.309. The van der Waals surface area contributed by atoms with Gasteiger partial charge in [0.05, 0.1) is 23.0 Å². The van der Waals surface area contributed by atoms with Crippen LogP contribution < -0.4 is 4.90 Å². The molecule has 1 amide bonds. The molecule has 0 unspecified atom stereocenters. The molecule has 2 aliphatic heterocycles. The molecular formula is C27H26FN5O2. The van der Waals surface area contributed by atoms with Crippen molar-refractivity contribution in [1.29, 1.82) is 0 Å². The largest absolute Gasteiger partial charge is 0.423 e. The number of aryl methyl sites for hydroxylation is 2. The van der Waals surface area contributed by atoms with Gasteiger partial charge >= 0.3 is 0 Å². The van der Waals surface area contributed by atoms with Crippen molar-refractivity contribution in [3.05, 3.63) is 83.6 Å². The number of anilines is 1. The Balaban J connectivity index is 1.24. The summed E-state index contributed by atoms with van der Waals surface area (Å²) < 4.78 is 21.6. The number of benzene rings is 2. The molecule has 2 saturated heterocycles. The zero-order valence-corrected chi connectivity index (χ0v) is 19.7. The molecule has 2 aromatic heterocycles. The van der Waals surface area contributed by atoms with Crippen LogP contribution in [0.15, 0.2) is 65.3 Å². The molecule has 0 aliphatic carbocycles. The number of rotatable bonds is 4. The van der Waals surface area contributed by atoms with Gasteiger partial charge in [0, 0.05) is 43.5 Å². The fourth-order valence-electron chi connectivity index (χ4n) is 5.21. The number of fused-ring (bicyclic) bond motifs is 1. The Morgan fingerprint density at radius 1 is 1.11 bits per heavy atom. The molecule has 2 aliphatic rings. The van der Waals surface area contributed by atoms with Gasteiger partial charge in [-0.1, -0.05) is 23.8 Å². The van der Waals surface area contributed by atoms with Crippen molar-refractivity contribution in [2.75, 3.05) is 24.5 Å². The van der Waals surface area contributed by atoms with Crippen LogP contribution in [0.25, 0.3) is 17.0 Å². The normalized spacial score (nSPS) is 19.4. The first kappa shape index (κ1) is 21.6. The first-order chi connectivity index (χ1) is 17.0. The van der Waals surface area contributed by atoms with E-state index in [1.807, 2.05) is 55.3 Å². The van der Waals surface area contributed by atoms with Gasteiger partial charge in [-0.05, 0) is 50.6 Å². The van der Waals surface area contributed by atoms with E-state index in [9.17, 15) is 9.18 Å². The molecule has 0 bridgehead atoms. The topological polar surface area (TPSA) is 67.4 Å². The third kappa shape index (κ3) is 3.79. The Labute approximate surface area is 202 Å². The van der Waals surface area contributed by atoms with Crippen molar-refractivity contribution < 1.29 is 13.6 Å². The third-order valence-electron chi connectivity index (χ3n) is 7.09. The van der Waals surface area contributed by atoms with E-state index in [-0.39, 0.29) is 17.8 Å². The Morgan fingerprint density at radius 3 is 2.80 bits per heavy atom. The molecular weight excluding hydrogens is 445 g/mol. The molecule has 0 spiro atoms.